The first kappa shape index (κ1) is 36.1. The Morgan fingerprint density at radius 1 is 0.591 bits per heavy atom. The summed E-state index contributed by atoms with van der Waals surface area (Å²) in [4.78, 5) is 52.3. The average molecular weight is 611 g/mol. The van der Waals surface area contributed by atoms with Crippen LogP contribution < -0.4 is 21.7 Å². The van der Waals surface area contributed by atoms with Crippen molar-refractivity contribution in [2.45, 2.75) is 111 Å². The minimum atomic E-state index is -1.65. The Morgan fingerprint density at radius 2 is 1.00 bits per heavy atom. The van der Waals surface area contributed by atoms with Gasteiger partial charge in [0.1, 0.15) is 16.9 Å². The lowest BCUT2D eigenvalue weighted by molar-refractivity contribution is -0.144. The van der Waals surface area contributed by atoms with Gasteiger partial charge in [-0.3, -0.25) is 40.9 Å². The van der Waals surface area contributed by atoms with E-state index in [2.05, 4.69) is 42.5 Å². The van der Waals surface area contributed by atoms with Gasteiger partial charge < -0.3 is 10.2 Å². The molecule has 2 aromatic carbocycles. The largest absolute Gasteiger partial charge is 0.507 e. The van der Waals surface area contributed by atoms with Crippen LogP contribution in [0.2, 0.25) is 0 Å². The molecule has 0 aromatic heterocycles. The van der Waals surface area contributed by atoms with Crippen LogP contribution in [0.15, 0.2) is 36.4 Å². The third kappa shape index (κ3) is 10.9. The highest BCUT2D eigenvalue weighted by Crippen LogP contribution is 2.27. The standard InChI is InChI=1S/C34H50N4O6/c1-5-8-11-12-13-14-21-34(4,32(43)37-35-30(41)26-19-17-24(15-9-6-2)22-28(26)39)33(44)38-36-31(42)27-20-18-25(16-10-7-3)23-29(27)40/h17-20,22-23,39-40H,5-16,21H2,1-4H3,(H,35,41)(H,36,42)(H,37,43)(H,38,44). The zero-order valence-corrected chi connectivity index (χ0v) is 26.7. The van der Waals surface area contributed by atoms with Gasteiger partial charge in [-0.15, -0.1) is 0 Å². The normalized spacial score (nSPS) is 11.1. The molecule has 242 valence electrons. The summed E-state index contributed by atoms with van der Waals surface area (Å²) in [6, 6.07) is 9.54. The molecule has 0 atom stereocenters. The highest BCUT2D eigenvalue weighted by Gasteiger charge is 2.41. The molecule has 0 aliphatic rings. The van der Waals surface area contributed by atoms with E-state index in [1.54, 1.807) is 12.1 Å². The molecular formula is C34H50N4O6. The first-order valence-corrected chi connectivity index (χ1v) is 15.9. The summed E-state index contributed by atoms with van der Waals surface area (Å²) in [7, 11) is 0. The van der Waals surface area contributed by atoms with Crippen molar-refractivity contribution in [3.8, 4) is 11.5 Å². The number of amides is 4. The van der Waals surface area contributed by atoms with Gasteiger partial charge >= 0.3 is 0 Å². The summed E-state index contributed by atoms with van der Waals surface area (Å²) in [6.07, 6.45) is 11.2. The number of aromatic hydroxyl groups is 2. The number of hydrazine groups is 2. The number of unbranched alkanes of at least 4 members (excludes halogenated alkanes) is 7. The quantitative estimate of drug-likeness (QED) is 0.0759. The van der Waals surface area contributed by atoms with E-state index in [0.717, 1.165) is 81.8 Å². The number of rotatable bonds is 17. The van der Waals surface area contributed by atoms with E-state index in [-0.39, 0.29) is 29.0 Å². The fraction of sp³-hybridized carbons (Fsp3) is 0.529. The Bertz CT molecular complexity index is 1180. The van der Waals surface area contributed by atoms with Crippen molar-refractivity contribution in [3.05, 3.63) is 58.7 Å². The third-order valence-corrected chi connectivity index (χ3v) is 7.86. The molecule has 10 nitrogen and oxygen atoms in total. The number of phenols is 2. The number of hydrogen-bond acceptors (Lipinski definition) is 6. The second-order valence-corrected chi connectivity index (χ2v) is 11.6. The summed E-state index contributed by atoms with van der Waals surface area (Å²) >= 11 is 0. The Kier molecular flexibility index (Phi) is 15.2. The van der Waals surface area contributed by atoms with Crippen LogP contribution in [0.1, 0.15) is 130 Å². The molecule has 0 bridgehead atoms. The average Bonchev–Trinajstić information content (AvgIpc) is 3.01. The van der Waals surface area contributed by atoms with Crippen molar-refractivity contribution in [2.24, 2.45) is 5.41 Å². The van der Waals surface area contributed by atoms with Gasteiger partial charge in [-0.1, -0.05) is 84.3 Å². The molecule has 0 fully saturated rings. The van der Waals surface area contributed by atoms with Gasteiger partial charge in [-0.05, 0) is 74.4 Å². The van der Waals surface area contributed by atoms with Gasteiger partial charge in [-0.2, -0.15) is 0 Å². The highest BCUT2D eigenvalue weighted by atomic mass is 16.3. The molecule has 0 saturated heterocycles. The monoisotopic (exact) mass is 610 g/mol. The van der Waals surface area contributed by atoms with E-state index in [9.17, 15) is 29.4 Å². The van der Waals surface area contributed by atoms with E-state index in [1.165, 1.54) is 31.2 Å². The van der Waals surface area contributed by atoms with Crippen molar-refractivity contribution in [3.63, 3.8) is 0 Å². The second kappa shape index (κ2) is 18.6. The summed E-state index contributed by atoms with van der Waals surface area (Å²) in [5.41, 5.74) is 9.38. The van der Waals surface area contributed by atoms with E-state index in [4.69, 9.17) is 0 Å². The minimum absolute atomic E-state index is 0.0135. The fourth-order valence-electron chi connectivity index (χ4n) is 4.84. The Labute approximate surface area is 261 Å². The number of carbonyl (C=O) groups is 4. The highest BCUT2D eigenvalue weighted by molar-refractivity contribution is 6.07. The smallest absolute Gasteiger partial charge is 0.273 e. The Morgan fingerprint density at radius 3 is 1.41 bits per heavy atom. The zero-order valence-electron chi connectivity index (χ0n) is 26.7. The maximum absolute atomic E-state index is 13.4. The Hall–Kier alpha value is -4.08. The van der Waals surface area contributed by atoms with Gasteiger partial charge in [0.15, 0.2) is 0 Å². The molecule has 2 rings (SSSR count). The second-order valence-electron chi connectivity index (χ2n) is 11.6. The topological polar surface area (TPSA) is 157 Å². The van der Waals surface area contributed by atoms with Crippen LogP contribution in [0.3, 0.4) is 0 Å². The molecule has 4 amide bonds. The van der Waals surface area contributed by atoms with Crippen LogP contribution in [0.25, 0.3) is 0 Å². The molecule has 10 heteroatoms. The summed E-state index contributed by atoms with van der Waals surface area (Å²) in [5.74, 6) is -3.41. The predicted molar refractivity (Wildman–Crippen MR) is 171 cm³/mol. The third-order valence-electron chi connectivity index (χ3n) is 7.86. The maximum atomic E-state index is 13.4. The van der Waals surface area contributed by atoms with Crippen molar-refractivity contribution in [1.29, 1.82) is 0 Å². The van der Waals surface area contributed by atoms with E-state index in [1.807, 2.05) is 0 Å². The van der Waals surface area contributed by atoms with E-state index in [0.29, 0.717) is 6.42 Å². The number of hydrogen-bond donors (Lipinski definition) is 6. The fourth-order valence-corrected chi connectivity index (χ4v) is 4.84. The maximum Gasteiger partial charge on any atom is 0.273 e. The van der Waals surface area contributed by atoms with Gasteiger partial charge in [0, 0.05) is 0 Å². The van der Waals surface area contributed by atoms with Crippen LogP contribution in [-0.2, 0) is 22.4 Å². The molecule has 0 aliphatic carbocycles. The number of carbonyl (C=O) groups excluding carboxylic acids is 4. The lowest BCUT2D eigenvalue weighted by Crippen LogP contribution is -2.57. The first-order valence-electron chi connectivity index (χ1n) is 15.9. The lowest BCUT2D eigenvalue weighted by atomic mass is 9.82. The van der Waals surface area contributed by atoms with Gasteiger partial charge in [-0.25, -0.2) is 0 Å². The van der Waals surface area contributed by atoms with Crippen molar-refractivity contribution >= 4 is 23.6 Å². The van der Waals surface area contributed by atoms with Crippen LogP contribution >= 0.6 is 0 Å². The molecule has 0 spiro atoms. The summed E-state index contributed by atoms with van der Waals surface area (Å²) < 4.78 is 0. The van der Waals surface area contributed by atoms with Crippen molar-refractivity contribution in [2.75, 3.05) is 0 Å². The van der Waals surface area contributed by atoms with Gasteiger partial charge in [0.25, 0.3) is 23.6 Å². The van der Waals surface area contributed by atoms with Crippen molar-refractivity contribution in [1.82, 2.24) is 21.7 Å². The predicted octanol–water partition coefficient (Wildman–Crippen LogP) is 5.76. The van der Waals surface area contributed by atoms with Crippen LogP contribution in [0.5, 0.6) is 11.5 Å². The van der Waals surface area contributed by atoms with Crippen molar-refractivity contribution < 1.29 is 29.4 Å². The number of aryl methyl sites for hydroxylation is 2. The molecule has 0 saturated carbocycles. The number of benzene rings is 2. The molecule has 0 unspecified atom stereocenters. The van der Waals surface area contributed by atoms with Crippen LogP contribution in [0.4, 0.5) is 0 Å². The lowest BCUT2D eigenvalue weighted by Gasteiger charge is -2.27. The van der Waals surface area contributed by atoms with Gasteiger partial charge in [0.2, 0.25) is 0 Å². The molecule has 0 heterocycles. The van der Waals surface area contributed by atoms with Gasteiger partial charge in [0.05, 0.1) is 11.1 Å². The van der Waals surface area contributed by atoms with Crippen LogP contribution in [-0.4, -0.2) is 33.8 Å². The molecule has 0 radical (unpaired) electrons. The SMILES string of the molecule is CCCCCCCCC(C)(C(=O)NNC(=O)c1ccc(CCCC)cc1O)C(=O)NNC(=O)c1ccc(CCCC)cc1O. The number of phenolic OH excluding ortho intramolecular Hbond substituents is 2. The number of nitrogens with one attached hydrogen (secondary N) is 4. The molecule has 0 aliphatic heterocycles. The van der Waals surface area contributed by atoms with E-state index >= 15 is 0 Å². The van der Waals surface area contributed by atoms with E-state index < -0.39 is 29.0 Å². The zero-order chi connectivity index (χ0) is 32.5. The molecule has 44 heavy (non-hydrogen) atoms. The summed E-state index contributed by atoms with van der Waals surface area (Å²) in [5, 5.41) is 20.7. The molecule has 6 N–H and O–H groups in total. The molecular weight excluding hydrogens is 560 g/mol. The molecule has 2 aromatic rings. The summed E-state index contributed by atoms with van der Waals surface area (Å²) in [6.45, 7) is 7.70. The Balaban J connectivity index is 2.09. The first-order chi connectivity index (χ1) is 21.1. The minimum Gasteiger partial charge on any atom is -0.507 e. The van der Waals surface area contributed by atoms with Crippen LogP contribution in [0, 0.1) is 5.41 Å².